The normalized spacial score (nSPS) is 15.5. The summed E-state index contributed by atoms with van der Waals surface area (Å²) in [5, 5.41) is 15.7. The second-order valence-electron chi connectivity index (χ2n) is 6.83. The maximum atomic E-state index is 12.2. The monoisotopic (exact) mass is 413 g/mol. The number of hydrogen-bond donors (Lipinski definition) is 2. The minimum absolute atomic E-state index is 0.213. The maximum absolute atomic E-state index is 12.2. The number of nitriles is 1. The molecule has 0 saturated heterocycles. The van der Waals surface area contributed by atoms with E-state index in [2.05, 4.69) is 16.7 Å². The Morgan fingerprint density at radius 1 is 1.48 bits per heavy atom. The van der Waals surface area contributed by atoms with E-state index in [1.54, 1.807) is 18.4 Å². The molecule has 2 N–H and O–H groups in total. The molecule has 2 aromatic rings. The van der Waals surface area contributed by atoms with Gasteiger partial charge in [-0.15, -0.1) is 11.3 Å². The van der Waals surface area contributed by atoms with Crippen LogP contribution in [0.2, 0.25) is 0 Å². The minimum Gasteiger partial charge on any atom is -0.472 e. The molecule has 2 heterocycles. The molecule has 152 valence electrons. The highest BCUT2D eigenvalue weighted by molar-refractivity contribution is 7.16. The highest BCUT2D eigenvalue weighted by Gasteiger charge is 2.27. The van der Waals surface area contributed by atoms with Crippen molar-refractivity contribution >= 4 is 34.4 Å². The summed E-state index contributed by atoms with van der Waals surface area (Å²) < 4.78 is 10.3. The highest BCUT2D eigenvalue weighted by atomic mass is 32.1. The first-order chi connectivity index (χ1) is 14.1. The quantitative estimate of drug-likeness (QED) is 0.665. The van der Waals surface area contributed by atoms with Gasteiger partial charge in [0, 0.05) is 23.1 Å². The zero-order valence-corrected chi connectivity index (χ0v) is 17.0. The van der Waals surface area contributed by atoms with Crippen LogP contribution in [0, 0.1) is 17.2 Å². The van der Waals surface area contributed by atoms with Crippen LogP contribution in [0.1, 0.15) is 41.3 Å². The van der Waals surface area contributed by atoms with Crippen LogP contribution >= 0.6 is 11.3 Å². The Kier molecular flexibility index (Phi) is 7.09. The van der Waals surface area contributed by atoms with Crippen molar-refractivity contribution < 1.29 is 18.7 Å². The third-order valence-electron chi connectivity index (χ3n) is 4.66. The van der Waals surface area contributed by atoms with Crippen molar-refractivity contribution in [2.75, 3.05) is 18.5 Å². The Labute approximate surface area is 173 Å². The summed E-state index contributed by atoms with van der Waals surface area (Å²) in [6.45, 7) is 2.93. The summed E-state index contributed by atoms with van der Waals surface area (Å²) in [6, 6.07) is 3.98. The molecule has 1 atom stereocenters. The van der Waals surface area contributed by atoms with Crippen LogP contribution < -0.4 is 10.6 Å². The van der Waals surface area contributed by atoms with Crippen LogP contribution in [-0.2, 0) is 22.4 Å². The van der Waals surface area contributed by atoms with Crippen molar-refractivity contribution in [1.82, 2.24) is 5.32 Å². The van der Waals surface area contributed by atoms with Crippen LogP contribution in [0.4, 0.5) is 9.80 Å². The number of furan rings is 1. The maximum Gasteiger partial charge on any atom is 0.407 e. The van der Waals surface area contributed by atoms with Gasteiger partial charge in [0.2, 0.25) is 5.91 Å². The second kappa shape index (κ2) is 9.94. The van der Waals surface area contributed by atoms with Gasteiger partial charge in [0.15, 0.2) is 0 Å². The van der Waals surface area contributed by atoms with Gasteiger partial charge >= 0.3 is 6.09 Å². The molecule has 1 unspecified atom stereocenters. The smallest absolute Gasteiger partial charge is 0.407 e. The van der Waals surface area contributed by atoms with Gasteiger partial charge < -0.3 is 19.8 Å². The largest absolute Gasteiger partial charge is 0.472 e. The topological polar surface area (TPSA) is 104 Å². The predicted octanol–water partition coefficient (Wildman–Crippen LogP) is 4.11. The molecular formula is C21H23N3O4S. The number of carbonyl (C=O) groups excluding carboxylic acids is 2. The summed E-state index contributed by atoms with van der Waals surface area (Å²) in [4.78, 5) is 24.9. The summed E-state index contributed by atoms with van der Waals surface area (Å²) in [7, 11) is 0. The molecule has 29 heavy (non-hydrogen) atoms. The fraction of sp³-hybridized carbons (Fsp3) is 0.381. The van der Waals surface area contributed by atoms with E-state index in [0.29, 0.717) is 23.7 Å². The molecule has 1 aliphatic carbocycles. The zero-order chi connectivity index (χ0) is 20.6. The number of amides is 2. The Hall–Kier alpha value is -3.05. The van der Waals surface area contributed by atoms with E-state index in [9.17, 15) is 14.9 Å². The lowest BCUT2D eigenvalue weighted by atomic mass is 9.88. The molecule has 0 spiro atoms. The molecule has 2 amide bonds. The van der Waals surface area contributed by atoms with Gasteiger partial charge in [-0.3, -0.25) is 4.79 Å². The number of thiophene rings is 1. The van der Waals surface area contributed by atoms with Gasteiger partial charge in [-0.2, -0.15) is 5.26 Å². The number of fused-ring (bicyclic) bond motifs is 1. The molecule has 8 heteroatoms. The molecule has 0 aromatic carbocycles. The molecule has 3 rings (SSSR count). The predicted molar refractivity (Wildman–Crippen MR) is 111 cm³/mol. The lowest BCUT2D eigenvalue weighted by molar-refractivity contribution is -0.111. The molecule has 2 aromatic heterocycles. The molecule has 0 aliphatic heterocycles. The number of alkyl carbamates (subject to hydrolysis) is 1. The third kappa shape index (κ3) is 5.48. The SMILES string of the molecule is CCCNC(=O)OCC1CCc2c(sc(NC(=O)/C=C/c3ccoc3)c2C#N)C1. The number of carbonyl (C=O) groups is 2. The van der Waals surface area contributed by atoms with Crippen molar-refractivity contribution in [1.29, 1.82) is 5.26 Å². The molecule has 1 aliphatic rings. The van der Waals surface area contributed by atoms with E-state index in [-0.39, 0.29) is 17.9 Å². The fourth-order valence-corrected chi connectivity index (χ4v) is 4.49. The molecule has 0 radical (unpaired) electrons. The molecular weight excluding hydrogens is 390 g/mol. The summed E-state index contributed by atoms with van der Waals surface area (Å²) in [5.41, 5.74) is 2.32. The van der Waals surface area contributed by atoms with Crippen molar-refractivity contribution in [3.8, 4) is 6.07 Å². The highest BCUT2D eigenvalue weighted by Crippen LogP contribution is 2.39. The van der Waals surface area contributed by atoms with Gasteiger partial charge in [-0.05, 0) is 49.3 Å². The van der Waals surface area contributed by atoms with Crippen molar-refractivity contribution in [3.05, 3.63) is 46.2 Å². The van der Waals surface area contributed by atoms with Crippen molar-refractivity contribution in [2.24, 2.45) is 5.92 Å². The van der Waals surface area contributed by atoms with Gasteiger partial charge in [-0.1, -0.05) is 6.92 Å². The van der Waals surface area contributed by atoms with Gasteiger partial charge in [0.1, 0.15) is 11.1 Å². The lowest BCUT2D eigenvalue weighted by Gasteiger charge is -2.21. The third-order valence-corrected chi connectivity index (χ3v) is 5.83. The van der Waals surface area contributed by atoms with E-state index < -0.39 is 0 Å². The van der Waals surface area contributed by atoms with Crippen LogP contribution in [0.25, 0.3) is 6.08 Å². The van der Waals surface area contributed by atoms with Crippen LogP contribution in [0.3, 0.4) is 0 Å². The number of hydrogen-bond acceptors (Lipinski definition) is 6. The Morgan fingerprint density at radius 2 is 2.34 bits per heavy atom. The van der Waals surface area contributed by atoms with E-state index in [0.717, 1.165) is 41.7 Å². The molecule has 0 fully saturated rings. The Bertz CT molecular complexity index is 925. The number of anilines is 1. The standard InChI is InChI=1S/C21H23N3O4S/c1-2-8-23-21(26)28-13-15-3-5-16-17(11-22)20(29-18(16)10-15)24-19(25)6-4-14-7-9-27-12-14/h4,6-7,9,12,15H,2-3,5,8,10,13H2,1H3,(H,23,26)(H,24,25)/b6-4+. The lowest BCUT2D eigenvalue weighted by Crippen LogP contribution is -2.28. The van der Waals surface area contributed by atoms with E-state index in [4.69, 9.17) is 9.15 Å². The van der Waals surface area contributed by atoms with E-state index in [1.165, 1.54) is 23.7 Å². The van der Waals surface area contributed by atoms with E-state index in [1.807, 2.05) is 6.92 Å². The summed E-state index contributed by atoms with van der Waals surface area (Å²) >= 11 is 1.43. The number of rotatable bonds is 7. The second-order valence-corrected chi connectivity index (χ2v) is 7.94. The Balaban J connectivity index is 1.61. The van der Waals surface area contributed by atoms with Gasteiger partial charge in [0.05, 0.1) is 24.7 Å². The zero-order valence-electron chi connectivity index (χ0n) is 16.2. The average Bonchev–Trinajstić information content (AvgIpc) is 3.35. The molecule has 7 nitrogen and oxygen atoms in total. The number of nitrogens with one attached hydrogen (secondary N) is 2. The Morgan fingerprint density at radius 3 is 3.07 bits per heavy atom. The van der Waals surface area contributed by atoms with E-state index >= 15 is 0 Å². The first kappa shape index (κ1) is 20.7. The molecule has 0 saturated carbocycles. The minimum atomic E-state index is -0.390. The average molecular weight is 413 g/mol. The van der Waals surface area contributed by atoms with Crippen LogP contribution in [-0.4, -0.2) is 25.2 Å². The van der Waals surface area contributed by atoms with Crippen LogP contribution in [0.5, 0.6) is 0 Å². The number of ether oxygens (including phenoxy) is 1. The fourth-order valence-electron chi connectivity index (χ4n) is 3.17. The van der Waals surface area contributed by atoms with Crippen LogP contribution in [0.15, 0.2) is 29.1 Å². The van der Waals surface area contributed by atoms with Gasteiger partial charge in [0.25, 0.3) is 0 Å². The first-order valence-corrected chi connectivity index (χ1v) is 10.4. The van der Waals surface area contributed by atoms with Gasteiger partial charge in [-0.25, -0.2) is 4.79 Å². The number of nitrogens with zero attached hydrogens (tertiary/aromatic N) is 1. The molecule has 0 bridgehead atoms. The van der Waals surface area contributed by atoms with Crippen molar-refractivity contribution in [3.63, 3.8) is 0 Å². The summed E-state index contributed by atoms with van der Waals surface area (Å²) in [5.74, 6) is -0.0848. The summed E-state index contributed by atoms with van der Waals surface area (Å²) in [6.07, 6.45) is 8.92. The van der Waals surface area contributed by atoms with Crippen molar-refractivity contribution in [2.45, 2.75) is 32.6 Å². The first-order valence-electron chi connectivity index (χ1n) is 9.57.